The molecule has 1 aliphatic rings. The molecule has 0 saturated carbocycles. The topological polar surface area (TPSA) is 176 Å². The Hall–Kier alpha value is -0.480. The van der Waals surface area contributed by atoms with Gasteiger partial charge in [0.2, 0.25) is 0 Å². The number of rotatable bonds is 12. The van der Waals surface area contributed by atoms with Crippen LogP contribution in [0.4, 0.5) is 0 Å². The summed E-state index contributed by atoms with van der Waals surface area (Å²) < 4.78 is 0. The first-order chi connectivity index (χ1) is 17.6. The lowest BCUT2D eigenvalue weighted by atomic mass is 10.3. The molecule has 1 rings (SSSR count). The van der Waals surface area contributed by atoms with E-state index < -0.39 is 0 Å². The molecule has 0 amide bonds. The number of hydrogen-bond donors (Lipinski definition) is 6. The van der Waals surface area contributed by atoms with Gasteiger partial charge in [-0.25, -0.2) is 0 Å². The van der Waals surface area contributed by atoms with E-state index in [1.807, 2.05) is 0 Å². The van der Waals surface area contributed by atoms with Gasteiger partial charge in [-0.1, -0.05) is 0 Å². The van der Waals surface area contributed by atoms with Crippen LogP contribution in [0.3, 0.4) is 0 Å². The fourth-order valence-electron chi connectivity index (χ4n) is 4.80. The molecule has 1 heterocycles. The summed E-state index contributed by atoms with van der Waals surface area (Å²) in [4.78, 5) is 14.9. The van der Waals surface area contributed by atoms with Crippen LogP contribution in [0.1, 0.15) is 0 Å². The fraction of sp³-hybridized carbons (Fsp3) is 1.00. The van der Waals surface area contributed by atoms with Gasteiger partial charge in [0.25, 0.3) is 0 Å². The molecule has 12 heteroatoms. The molecule has 0 aromatic rings. The SMILES string of the molecule is NCCN1CCN(CCN)CCN(CCN)CCN(CCN)CCN(CCN)CCN(CCN)CC1. The zero-order valence-electron chi connectivity index (χ0n) is 23.1. The summed E-state index contributed by atoms with van der Waals surface area (Å²) in [5.41, 5.74) is 35.7. The molecule has 12 nitrogen and oxygen atoms in total. The van der Waals surface area contributed by atoms with E-state index in [-0.39, 0.29) is 0 Å². The highest BCUT2D eigenvalue weighted by atomic mass is 15.3. The third-order valence-electron chi connectivity index (χ3n) is 7.07. The Morgan fingerprint density at radius 1 is 0.250 bits per heavy atom. The highest BCUT2D eigenvalue weighted by molar-refractivity contribution is 4.73. The van der Waals surface area contributed by atoms with Crippen LogP contribution >= 0.6 is 0 Å². The quantitative estimate of drug-likeness (QED) is 0.147. The summed E-state index contributed by atoms with van der Waals surface area (Å²) in [5, 5.41) is 0. The van der Waals surface area contributed by atoms with E-state index in [9.17, 15) is 0 Å². The summed E-state index contributed by atoms with van der Waals surface area (Å²) in [6.07, 6.45) is 0. The Morgan fingerprint density at radius 2 is 0.361 bits per heavy atom. The highest BCUT2D eigenvalue weighted by Gasteiger charge is 2.16. The summed E-state index contributed by atoms with van der Waals surface area (Å²) in [6, 6.07) is 0. The lowest BCUT2D eigenvalue weighted by Crippen LogP contribution is -2.48. The lowest BCUT2D eigenvalue weighted by Gasteiger charge is -2.34. The van der Waals surface area contributed by atoms with Crippen LogP contribution in [-0.2, 0) is 0 Å². The van der Waals surface area contributed by atoms with E-state index in [4.69, 9.17) is 34.4 Å². The third kappa shape index (κ3) is 15.7. The Kier molecular flexibility index (Phi) is 21.0. The minimum absolute atomic E-state index is 0.668. The van der Waals surface area contributed by atoms with Crippen LogP contribution in [0.5, 0.6) is 0 Å². The second-order valence-electron chi connectivity index (χ2n) is 9.78. The van der Waals surface area contributed by atoms with E-state index >= 15 is 0 Å². The van der Waals surface area contributed by atoms with Crippen molar-refractivity contribution in [1.29, 1.82) is 0 Å². The summed E-state index contributed by atoms with van der Waals surface area (Å²) in [6.45, 7) is 21.4. The van der Waals surface area contributed by atoms with Crippen molar-refractivity contribution in [2.24, 2.45) is 34.4 Å². The van der Waals surface area contributed by atoms with Gasteiger partial charge in [-0.3, -0.25) is 29.4 Å². The van der Waals surface area contributed by atoms with Gasteiger partial charge in [0.15, 0.2) is 0 Å². The predicted octanol–water partition coefficient (Wildman–Crippen LogP) is -4.44. The van der Waals surface area contributed by atoms with Gasteiger partial charge in [0.05, 0.1) is 0 Å². The average molecular weight is 517 g/mol. The van der Waals surface area contributed by atoms with Crippen molar-refractivity contribution in [2.75, 3.05) is 157 Å². The molecular weight excluding hydrogens is 456 g/mol. The summed E-state index contributed by atoms with van der Waals surface area (Å²) >= 11 is 0. The van der Waals surface area contributed by atoms with Crippen molar-refractivity contribution in [3.63, 3.8) is 0 Å². The van der Waals surface area contributed by atoms with Gasteiger partial charge in [0.1, 0.15) is 0 Å². The maximum atomic E-state index is 5.96. The number of hydrogen-bond acceptors (Lipinski definition) is 12. The van der Waals surface area contributed by atoms with Crippen molar-refractivity contribution in [3.8, 4) is 0 Å². The monoisotopic (exact) mass is 517 g/mol. The fourth-order valence-corrected chi connectivity index (χ4v) is 4.80. The lowest BCUT2D eigenvalue weighted by molar-refractivity contribution is 0.138. The second kappa shape index (κ2) is 22.5. The van der Waals surface area contributed by atoms with Crippen molar-refractivity contribution < 1.29 is 0 Å². The predicted molar refractivity (Wildman–Crippen MR) is 153 cm³/mol. The van der Waals surface area contributed by atoms with Crippen LogP contribution in [0.2, 0.25) is 0 Å². The Bertz CT molecular complexity index is 353. The molecule has 0 unspecified atom stereocenters. The van der Waals surface area contributed by atoms with Crippen molar-refractivity contribution in [1.82, 2.24) is 29.4 Å². The van der Waals surface area contributed by atoms with Gasteiger partial charge in [-0.05, 0) is 0 Å². The maximum absolute atomic E-state index is 5.96. The van der Waals surface area contributed by atoms with E-state index in [1.165, 1.54) is 0 Å². The molecule has 0 radical (unpaired) electrons. The molecule has 0 spiro atoms. The van der Waals surface area contributed by atoms with Gasteiger partial charge in [-0.2, -0.15) is 0 Å². The first-order valence-corrected chi connectivity index (χ1v) is 14.1. The van der Waals surface area contributed by atoms with Gasteiger partial charge in [-0.15, -0.1) is 0 Å². The molecule has 36 heavy (non-hydrogen) atoms. The molecule has 1 aliphatic heterocycles. The van der Waals surface area contributed by atoms with Crippen LogP contribution in [0, 0.1) is 0 Å². The molecule has 0 aromatic heterocycles. The molecule has 216 valence electrons. The van der Waals surface area contributed by atoms with Crippen molar-refractivity contribution >= 4 is 0 Å². The molecular formula is C24H60N12. The number of nitrogens with zero attached hydrogens (tertiary/aromatic N) is 6. The Morgan fingerprint density at radius 3 is 0.444 bits per heavy atom. The molecule has 0 atom stereocenters. The minimum Gasteiger partial charge on any atom is -0.329 e. The van der Waals surface area contributed by atoms with Crippen molar-refractivity contribution in [3.05, 3.63) is 0 Å². The maximum Gasteiger partial charge on any atom is 0.0110 e. The largest absolute Gasteiger partial charge is 0.329 e. The Balaban J connectivity index is 2.98. The normalized spacial score (nSPS) is 21.5. The standard InChI is InChI=1S/C24H60N12/c25-1-7-31-13-15-32(8-2-26)17-19-34(10-4-28)21-23-36(12-6-30)24-22-35(11-5-29)20-18-33(9-3-27)16-14-31/h1-30H2. The van der Waals surface area contributed by atoms with Crippen LogP contribution in [0.25, 0.3) is 0 Å². The first kappa shape index (κ1) is 33.5. The highest BCUT2D eigenvalue weighted by Crippen LogP contribution is 2.01. The van der Waals surface area contributed by atoms with E-state index in [0.29, 0.717) is 39.3 Å². The van der Waals surface area contributed by atoms with Crippen LogP contribution < -0.4 is 34.4 Å². The molecule has 0 aromatic carbocycles. The van der Waals surface area contributed by atoms with Crippen LogP contribution in [0.15, 0.2) is 0 Å². The van der Waals surface area contributed by atoms with Gasteiger partial charge < -0.3 is 34.4 Å². The average Bonchev–Trinajstić information content (AvgIpc) is 2.87. The molecule has 1 saturated heterocycles. The summed E-state index contributed by atoms with van der Waals surface area (Å²) in [7, 11) is 0. The molecule has 0 bridgehead atoms. The Labute approximate surface area is 221 Å². The van der Waals surface area contributed by atoms with Crippen molar-refractivity contribution in [2.45, 2.75) is 0 Å². The second-order valence-corrected chi connectivity index (χ2v) is 9.78. The van der Waals surface area contributed by atoms with Gasteiger partial charge >= 0.3 is 0 Å². The van der Waals surface area contributed by atoms with Gasteiger partial charge in [0, 0.05) is 157 Å². The van der Waals surface area contributed by atoms with Crippen LogP contribution in [-0.4, -0.2) is 186 Å². The molecule has 12 N–H and O–H groups in total. The van der Waals surface area contributed by atoms with E-state index in [0.717, 1.165) is 118 Å². The molecule has 1 fully saturated rings. The molecule has 0 aliphatic carbocycles. The minimum atomic E-state index is 0.668. The summed E-state index contributed by atoms with van der Waals surface area (Å²) in [5.74, 6) is 0. The van der Waals surface area contributed by atoms with E-state index in [2.05, 4.69) is 29.4 Å². The number of nitrogens with two attached hydrogens (primary N) is 6. The third-order valence-corrected chi connectivity index (χ3v) is 7.07. The zero-order valence-corrected chi connectivity index (χ0v) is 23.1. The zero-order chi connectivity index (χ0) is 26.4. The first-order valence-electron chi connectivity index (χ1n) is 14.1. The van der Waals surface area contributed by atoms with E-state index in [1.54, 1.807) is 0 Å². The smallest absolute Gasteiger partial charge is 0.0110 e.